The van der Waals surface area contributed by atoms with E-state index in [-0.39, 0.29) is 5.84 Å². The summed E-state index contributed by atoms with van der Waals surface area (Å²) in [6.45, 7) is 0.760. The molecule has 1 aromatic carbocycles. The van der Waals surface area contributed by atoms with Gasteiger partial charge >= 0.3 is 5.97 Å². The first kappa shape index (κ1) is 11.4. The van der Waals surface area contributed by atoms with Gasteiger partial charge in [0.2, 0.25) is 0 Å². The standard InChI is InChI=1S/C12H15N3O2/c13-11(14)8-3-5-9(6-4-8)15-7-1-2-10(15)12(16)17/h3-6,10H,1-2,7H2,(H3,13,14)(H,16,17)/t10-/m0/s1. The number of nitrogens with zero attached hydrogens (tertiary/aromatic N) is 1. The molecule has 0 aliphatic carbocycles. The lowest BCUT2D eigenvalue weighted by atomic mass is 10.1. The maximum absolute atomic E-state index is 11.1. The van der Waals surface area contributed by atoms with Crippen LogP contribution in [0.1, 0.15) is 18.4 Å². The molecular formula is C12H15N3O2. The Morgan fingerprint density at radius 2 is 2.06 bits per heavy atom. The Labute approximate surface area is 99.4 Å². The molecule has 0 amide bonds. The van der Waals surface area contributed by atoms with Crippen LogP contribution in [-0.2, 0) is 4.79 Å². The Morgan fingerprint density at radius 1 is 1.41 bits per heavy atom. The molecule has 5 heteroatoms. The van der Waals surface area contributed by atoms with Crippen LogP contribution in [0.5, 0.6) is 0 Å². The number of aliphatic carboxylic acids is 1. The van der Waals surface area contributed by atoms with Crippen molar-refractivity contribution in [2.24, 2.45) is 5.73 Å². The molecule has 17 heavy (non-hydrogen) atoms. The van der Waals surface area contributed by atoms with Gasteiger partial charge < -0.3 is 15.7 Å². The zero-order valence-electron chi connectivity index (χ0n) is 9.39. The average Bonchev–Trinajstić information content (AvgIpc) is 2.78. The van der Waals surface area contributed by atoms with E-state index in [1.54, 1.807) is 12.1 Å². The molecule has 90 valence electrons. The minimum atomic E-state index is -0.779. The molecule has 0 unspecified atom stereocenters. The second kappa shape index (κ2) is 4.45. The first-order chi connectivity index (χ1) is 8.09. The van der Waals surface area contributed by atoms with Crippen LogP contribution in [-0.4, -0.2) is 29.5 Å². The van der Waals surface area contributed by atoms with Gasteiger partial charge in [0.05, 0.1) is 0 Å². The minimum absolute atomic E-state index is 0.0211. The normalized spacial score (nSPS) is 19.3. The van der Waals surface area contributed by atoms with Gasteiger partial charge in [-0.1, -0.05) is 0 Å². The predicted octanol–water partition coefficient (Wildman–Crippen LogP) is 1.02. The van der Waals surface area contributed by atoms with Crippen molar-refractivity contribution < 1.29 is 9.90 Å². The lowest BCUT2D eigenvalue weighted by Crippen LogP contribution is -2.35. The molecule has 1 saturated heterocycles. The van der Waals surface area contributed by atoms with E-state index in [0.29, 0.717) is 12.0 Å². The molecule has 4 N–H and O–H groups in total. The largest absolute Gasteiger partial charge is 0.480 e. The quantitative estimate of drug-likeness (QED) is 0.537. The molecule has 1 fully saturated rings. The number of carbonyl (C=O) groups is 1. The number of amidine groups is 1. The molecule has 1 aromatic rings. The topological polar surface area (TPSA) is 90.4 Å². The van der Waals surface area contributed by atoms with Crippen LogP contribution in [0.3, 0.4) is 0 Å². The number of carboxylic acids is 1. The molecule has 0 spiro atoms. The molecule has 5 nitrogen and oxygen atoms in total. The van der Waals surface area contributed by atoms with Gasteiger partial charge in [0, 0.05) is 17.8 Å². The molecule has 0 bridgehead atoms. The summed E-state index contributed by atoms with van der Waals surface area (Å²) in [6.07, 6.45) is 1.58. The second-order valence-corrected chi connectivity index (χ2v) is 4.15. The van der Waals surface area contributed by atoms with E-state index in [0.717, 1.165) is 18.7 Å². The number of anilines is 1. The fourth-order valence-corrected chi connectivity index (χ4v) is 2.16. The lowest BCUT2D eigenvalue weighted by molar-refractivity contribution is -0.138. The monoisotopic (exact) mass is 233 g/mol. The summed E-state index contributed by atoms with van der Waals surface area (Å²) in [5.74, 6) is -0.758. The zero-order chi connectivity index (χ0) is 12.4. The van der Waals surface area contributed by atoms with Crippen molar-refractivity contribution >= 4 is 17.5 Å². The Balaban J connectivity index is 2.22. The van der Waals surface area contributed by atoms with Gasteiger partial charge in [-0.3, -0.25) is 5.41 Å². The van der Waals surface area contributed by atoms with Crippen LogP contribution < -0.4 is 10.6 Å². The maximum atomic E-state index is 11.1. The molecule has 2 rings (SSSR count). The van der Waals surface area contributed by atoms with Crippen molar-refractivity contribution in [3.8, 4) is 0 Å². The van der Waals surface area contributed by atoms with Crippen LogP contribution in [0.4, 0.5) is 5.69 Å². The fraction of sp³-hybridized carbons (Fsp3) is 0.333. The number of nitrogens with two attached hydrogens (primary N) is 1. The molecule has 0 aromatic heterocycles. The number of nitrogens with one attached hydrogen (secondary N) is 1. The van der Waals surface area contributed by atoms with Crippen LogP contribution in [0, 0.1) is 5.41 Å². The average molecular weight is 233 g/mol. The Hall–Kier alpha value is -2.04. The Bertz CT molecular complexity index is 442. The van der Waals surface area contributed by atoms with Gasteiger partial charge in [0.25, 0.3) is 0 Å². The maximum Gasteiger partial charge on any atom is 0.326 e. The molecular weight excluding hydrogens is 218 g/mol. The van der Waals surface area contributed by atoms with Crippen molar-refractivity contribution in [3.63, 3.8) is 0 Å². The Kier molecular flexibility index (Phi) is 2.99. The van der Waals surface area contributed by atoms with Gasteiger partial charge in [-0.15, -0.1) is 0 Å². The summed E-state index contributed by atoms with van der Waals surface area (Å²) in [5, 5.41) is 16.4. The summed E-state index contributed by atoms with van der Waals surface area (Å²) in [5.41, 5.74) is 6.90. The van der Waals surface area contributed by atoms with E-state index < -0.39 is 12.0 Å². The van der Waals surface area contributed by atoms with Gasteiger partial charge in [-0.2, -0.15) is 0 Å². The highest BCUT2D eigenvalue weighted by atomic mass is 16.4. The summed E-state index contributed by atoms with van der Waals surface area (Å²) in [4.78, 5) is 12.9. The first-order valence-corrected chi connectivity index (χ1v) is 5.53. The third kappa shape index (κ3) is 2.22. The van der Waals surface area contributed by atoms with E-state index in [9.17, 15) is 4.79 Å². The number of nitrogen functional groups attached to an aromatic ring is 1. The molecule has 0 saturated carbocycles. The van der Waals surface area contributed by atoms with Gasteiger partial charge in [0.1, 0.15) is 11.9 Å². The molecule has 1 heterocycles. The van der Waals surface area contributed by atoms with Crippen LogP contribution in [0.15, 0.2) is 24.3 Å². The van der Waals surface area contributed by atoms with E-state index in [2.05, 4.69) is 0 Å². The van der Waals surface area contributed by atoms with Crippen molar-refractivity contribution in [3.05, 3.63) is 29.8 Å². The smallest absolute Gasteiger partial charge is 0.326 e. The highest BCUT2D eigenvalue weighted by Gasteiger charge is 2.30. The minimum Gasteiger partial charge on any atom is -0.480 e. The summed E-state index contributed by atoms with van der Waals surface area (Å²) < 4.78 is 0. The first-order valence-electron chi connectivity index (χ1n) is 5.53. The zero-order valence-corrected chi connectivity index (χ0v) is 9.39. The van der Waals surface area contributed by atoms with Crippen molar-refractivity contribution in [2.45, 2.75) is 18.9 Å². The highest BCUT2D eigenvalue weighted by molar-refractivity contribution is 5.95. The van der Waals surface area contributed by atoms with E-state index in [4.69, 9.17) is 16.2 Å². The van der Waals surface area contributed by atoms with Crippen molar-refractivity contribution in [1.29, 1.82) is 5.41 Å². The summed E-state index contributed by atoms with van der Waals surface area (Å²) >= 11 is 0. The molecule has 0 radical (unpaired) electrons. The summed E-state index contributed by atoms with van der Waals surface area (Å²) in [6, 6.07) is 6.69. The van der Waals surface area contributed by atoms with Crippen molar-refractivity contribution in [1.82, 2.24) is 0 Å². The highest BCUT2D eigenvalue weighted by Crippen LogP contribution is 2.25. The molecule has 1 aliphatic heterocycles. The van der Waals surface area contributed by atoms with Crippen LogP contribution in [0.25, 0.3) is 0 Å². The molecule has 1 aliphatic rings. The van der Waals surface area contributed by atoms with E-state index in [1.807, 2.05) is 17.0 Å². The van der Waals surface area contributed by atoms with Crippen LogP contribution in [0.2, 0.25) is 0 Å². The van der Waals surface area contributed by atoms with Gasteiger partial charge in [-0.25, -0.2) is 4.79 Å². The summed E-state index contributed by atoms with van der Waals surface area (Å²) in [7, 11) is 0. The van der Waals surface area contributed by atoms with E-state index >= 15 is 0 Å². The number of hydrogen-bond donors (Lipinski definition) is 3. The van der Waals surface area contributed by atoms with Gasteiger partial charge in [-0.05, 0) is 37.1 Å². The predicted molar refractivity (Wildman–Crippen MR) is 65.5 cm³/mol. The SMILES string of the molecule is N=C(N)c1ccc(N2CCC[C@H]2C(=O)O)cc1. The third-order valence-corrected chi connectivity index (χ3v) is 3.05. The fourth-order valence-electron chi connectivity index (χ4n) is 2.16. The molecule has 1 atom stereocenters. The Morgan fingerprint density at radius 3 is 2.59 bits per heavy atom. The van der Waals surface area contributed by atoms with Crippen molar-refractivity contribution in [2.75, 3.05) is 11.4 Å². The number of hydrogen-bond acceptors (Lipinski definition) is 3. The second-order valence-electron chi connectivity index (χ2n) is 4.15. The van der Waals surface area contributed by atoms with Crippen LogP contribution >= 0.6 is 0 Å². The van der Waals surface area contributed by atoms with Gasteiger partial charge in [0.15, 0.2) is 0 Å². The number of benzene rings is 1. The third-order valence-electron chi connectivity index (χ3n) is 3.05. The number of rotatable bonds is 3. The van der Waals surface area contributed by atoms with E-state index in [1.165, 1.54) is 0 Å². The number of carboxylic acid groups (broad SMARTS) is 1. The lowest BCUT2D eigenvalue weighted by Gasteiger charge is -2.23.